The number of rotatable bonds is 5. The van der Waals surface area contributed by atoms with Crippen molar-refractivity contribution in [3.8, 4) is 0 Å². The second kappa shape index (κ2) is 6.35. The average molecular weight is 324 g/mol. The molecule has 0 unspecified atom stereocenters. The number of ether oxygens (including phenoxy) is 1. The number of hydrogen-bond donors (Lipinski definition) is 2. The number of H-pyrrole nitrogens is 2. The van der Waals surface area contributed by atoms with Gasteiger partial charge in [0.2, 0.25) is 0 Å². The van der Waals surface area contributed by atoms with Gasteiger partial charge in [-0.1, -0.05) is 18.2 Å². The van der Waals surface area contributed by atoms with E-state index in [1.807, 2.05) is 30.5 Å². The number of nitrogens with one attached hydrogen (secondary N) is 2. The highest BCUT2D eigenvalue weighted by Crippen LogP contribution is 2.26. The SMILES string of the molecule is CCOC(=O)c1[nH]c(Cc2c[nH]c3ccccc23)c(C(C)=O)c1C. The van der Waals surface area contributed by atoms with Crippen molar-refractivity contribution in [3.63, 3.8) is 0 Å². The van der Waals surface area contributed by atoms with Crippen LogP contribution in [-0.2, 0) is 11.2 Å². The minimum Gasteiger partial charge on any atom is -0.461 e. The third kappa shape index (κ3) is 2.73. The molecule has 124 valence electrons. The van der Waals surface area contributed by atoms with Gasteiger partial charge in [-0.05, 0) is 38.0 Å². The van der Waals surface area contributed by atoms with Crippen LogP contribution in [-0.4, -0.2) is 28.3 Å². The van der Waals surface area contributed by atoms with Crippen LogP contribution in [0.15, 0.2) is 30.5 Å². The average Bonchev–Trinajstić information content (AvgIpc) is 3.10. The zero-order chi connectivity index (χ0) is 17.3. The number of carbonyl (C=O) groups excluding carboxylic acids is 2. The lowest BCUT2D eigenvalue weighted by Crippen LogP contribution is -2.07. The van der Waals surface area contributed by atoms with Crippen molar-refractivity contribution in [1.82, 2.24) is 9.97 Å². The van der Waals surface area contributed by atoms with E-state index >= 15 is 0 Å². The van der Waals surface area contributed by atoms with E-state index in [-0.39, 0.29) is 5.78 Å². The van der Waals surface area contributed by atoms with Crippen LogP contribution in [0.3, 0.4) is 0 Å². The minimum absolute atomic E-state index is 0.0610. The molecular formula is C19H20N2O3. The fourth-order valence-electron chi connectivity index (χ4n) is 3.14. The Labute approximate surface area is 140 Å². The molecule has 0 radical (unpaired) electrons. The topological polar surface area (TPSA) is 75.0 Å². The lowest BCUT2D eigenvalue weighted by atomic mass is 10.0. The van der Waals surface area contributed by atoms with Crippen LogP contribution in [0.25, 0.3) is 10.9 Å². The van der Waals surface area contributed by atoms with Gasteiger partial charge in [0.25, 0.3) is 0 Å². The number of para-hydroxylation sites is 1. The summed E-state index contributed by atoms with van der Waals surface area (Å²) in [7, 11) is 0. The molecule has 2 aromatic heterocycles. The summed E-state index contributed by atoms with van der Waals surface area (Å²) < 4.78 is 5.07. The summed E-state index contributed by atoms with van der Waals surface area (Å²) in [4.78, 5) is 30.5. The second-order valence-corrected chi connectivity index (χ2v) is 5.79. The van der Waals surface area contributed by atoms with Gasteiger partial charge < -0.3 is 14.7 Å². The van der Waals surface area contributed by atoms with Crippen molar-refractivity contribution in [2.24, 2.45) is 0 Å². The van der Waals surface area contributed by atoms with Crippen LogP contribution in [0.4, 0.5) is 0 Å². The Balaban J connectivity index is 2.05. The first kappa shape index (κ1) is 16.1. The molecule has 3 rings (SSSR count). The first-order valence-corrected chi connectivity index (χ1v) is 7.97. The molecule has 0 aliphatic heterocycles. The molecule has 2 heterocycles. The second-order valence-electron chi connectivity index (χ2n) is 5.79. The van der Waals surface area contributed by atoms with Gasteiger partial charge in [-0.15, -0.1) is 0 Å². The molecule has 0 saturated heterocycles. The molecule has 2 N–H and O–H groups in total. The monoisotopic (exact) mass is 324 g/mol. The predicted octanol–water partition coefficient (Wildman–Crippen LogP) is 3.77. The third-order valence-electron chi connectivity index (χ3n) is 4.20. The summed E-state index contributed by atoms with van der Waals surface area (Å²) in [5.41, 5.74) is 4.44. The first-order valence-electron chi connectivity index (χ1n) is 7.97. The summed E-state index contributed by atoms with van der Waals surface area (Å²) in [6.45, 7) is 5.35. The Bertz CT molecular complexity index is 918. The molecule has 0 amide bonds. The van der Waals surface area contributed by atoms with E-state index in [1.165, 1.54) is 6.92 Å². The van der Waals surface area contributed by atoms with Gasteiger partial charge in [0, 0.05) is 34.8 Å². The maximum Gasteiger partial charge on any atom is 0.355 e. The molecule has 24 heavy (non-hydrogen) atoms. The molecule has 0 saturated carbocycles. The molecular weight excluding hydrogens is 304 g/mol. The maximum absolute atomic E-state index is 12.1. The van der Waals surface area contributed by atoms with Crippen LogP contribution in [0.5, 0.6) is 0 Å². The Morgan fingerprint density at radius 1 is 1.21 bits per heavy atom. The highest BCUT2D eigenvalue weighted by Gasteiger charge is 2.23. The predicted molar refractivity (Wildman–Crippen MR) is 92.6 cm³/mol. The van der Waals surface area contributed by atoms with Gasteiger partial charge in [0.15, 0.2) is 5.78 Å². The van der Waals surface area contributed by atoms with Gasteiger partial charge in [0.05, 0.1) is 6.61 Å². The molecule has 1 aromatic carbocycles. The fourth-order valence-corrected chi connectivity index (χ4v) is 3.14. The fraction of sp³-hybridized carbons (Fsp3) is 0.263. The third-order valence-corrected chi connectivity index (χ3v) is 4.20. The number of Topliss-reactive ketones (excluding diaryl/α,β-unsaturated/α-hetero) is 1. The number of benzene rings is 1. The molecule has 0 aliphatic rings. The summed E-state index contributed by atoms with van der Waals surface area (Å²) in [6.07, 6.45) is 2.48. The van der Waals surface area contributed by atoms with Gasteiger partial charge in [-0.2, -0.15) is 0 Å². The van der Waals surface area contributed by atoms with E-state index < -0.39 is 5.97 Å². The Hall–Kier alpha value is -2.82. The number of esters is 1. The quantitative estimate of drug-likeness (QED) is 0.554. The Kier molecular flexibility index (Phi) is 4.25. The largest absolute Gasteiger partial charge is 0.461 e. The van der Waals surface area contributed by atoms with E-state index in [0.29, 0.717) is 29.8 Å². The van der Waals surface area contributed by atoms with Crippen LogP contribution in [0, 0.1) is 6.92 Å². The molecule has 3 aromatic rings. The van der Waals surface area contributed by atoms with Gasteiger partial charge in [-0.3, -0.25) is 4.79 Å². The summed E-state index contributed by atoms with van der Waals surface area (Å²) in [6, 6.07) is 8.00. The molecule has 0 bridgehead atoms. The molecule has 0 spiro atoms. The number of fused-ring (bicyclic) bond motifs is 1. The number of ketones is 1. The standard InChI is InChI=1S/C19H20N2O3/c1-4-24-19(23)18-11(2)17(12(3)22)16(21-18)9-13-10-20-15-8-6-5-7-14(13)15/h5-8,10,20-21H,4,9H2,1-3H3. The van der Waals surface area contributed by atoms with Gasteiger partial charge in [-0.25, -0.2) is 4.79 Å². The van der Waals surface area contributed by atoms with Crippen LogP contribution >= 0.6 is 0 Å². The van der Waals surface area contributed by atoms with Crippen LogP contribution in [0.2, 0.25) is 0 Å². The summed E-state index contributed by atoms with van der Waals surface area (Å²) in [5.74, 6) is -0.489. The summed E-state index contributed by atoms with van der Waals surface area (Å²) in [5, 5.41) is 1.11. The van der Waals surface area contributed by atoms with Crippen molar-refractivity contribution in [2.45, 2.75) is 27.2 Å². The lowest BCUT2D eigenvalue weighted by Gasteiger charge is -2.02. The smallest absolute Gasteiger partial charge is 0.355 e. The molecule has 0 aliphatic carbocycles. The number of aromatic amines is 2. The maximum atomic E-state index is 12.1. The van der Waals surface area contributed by atoms with Crippen molar-refractivity contribution in [2.75, 3.05) is 6.61 Å². The van der Waals surface area contributed by atoms with Crippen molar-refractivity contribution in [1.29, 1.82) is 0 Å². The molecule has 5 nitrogen and oxygen atoms in total. The zero-order valence-corrected chi connectivity index (χ0v) is 14.0. The number of carbonyl (C=O) groups is 2. The molecule has 0 atom stereocenters. The normalized spacial score (nSPS) is 11.0. The van der Waals surface area contributed by atoms with Crippen molar-refractivity contribution < 1.29 is 14.3 Å². The number of aromatic nitrogens is 2. The van der Waals surface area contributed by atoms with Gasteiger partial charge >= 0.3 is 5.97 Å². The van der Waals surface area contributed by atoms with E-state index in [1.54, 1.807) is 13.8 Å². The van der Waals surface area contributed by atoms with E-state index in [2.05, 4.69) is 9.97 Å². The van der Waals surface area contributed by atoms with E-state index in [9.17, 15) is 9.59 Å². The Morgan fingerprint density at radius 2 is 1.96 bits per heavy atom. The van der Waals surface area contributed by atoms with Gasteiger partial charge in [0.1, 0.15) is 5.69 Å². The van der Waals surface area contributed by atoms with Crippen LogP contribution in [0.1, 0.15) is 51.5 Å². The summed E-state index contributed by atoms with van der Waals surface area (Å²) >= 11 is 0. The molecule has 5 heteroatoms. The molecule has 0 fully saturated rings. The highest BCUT2D eigenvalue weighted by atomic mass is 16.5. The van der Waals surface area contributed by atoms with E-state index in [4.69, 9.17) is 4.74 Å². The minimum atomic E-state index is -0.428. The van der Waals surface area contributed by atoms with E-state index in [0.717, 1.165) is 22.2 Å². The first-order chi connectivity index (χ1) is 11.5. The van der Waals surface area contributed by atoms with Crippen LogP contribution < -0.4 is 0 Å². The van der Waals surface area contributed by atoms with Crippen molar-refractivity contribution in [3.05, 3.63) is 58.5 Å². The lowest BCUT2D eigenvalue weighted by molar-refractivity contribution is 0.0519. The van der Waals surface area contributed by atoms with Crippen molar-refractivity contribution >= 4 is 22.7 Å². The zero-order valence-electron chi connectivity index (χ0n) is 14.0. The number of hydrogen-bond acceptors (Lipinski definition) is 3. The Morgan fingerprint density at radius 3 is 2.67 bits per heavy atom. The highest BCUT2D eigenvalue weighted by molar-refractivity contribution is 6.01.